The fourth-order valence-electron chi connectivity index (χ4n) is 1.73. The van der Waals surface area contributed by atoms with Crippen molar-refractivity contribution in [1.82, 2.24) is 5.32 Å². The first-order valence-electron chi connectivity index (χ1n) is 5.07. The Labute approximate surface area is 97.1 Å². The van der Waals surface area contributed by atoms with E-state index in [1.807, 2.05) is 0 Å². The molecular formula is C9H15ClF3NS. The highest BCUT2D eigenvalue weighted by Crippen LogP contribution is 2.29. The monoisotopic (exact) mass is 261 g/mol. The van der Waals surface area contributed by atoms with Gasteiger partial charge in [-0.05, 0) is 24.6 Å². The zero-order chi connectivity index (χ0) is 11.3. The van der Waals surface area contributed by atoms with Gasteiger partial charge in [-0.1, -0.05) is 12.8 Å². The molecule has 2 atom stereocenters. The van der Waals surface area contributed by atoms with Crippen LogP contribution in [0, 0.1) is 0 Å². The Morgan fingerprint density at radius 1 is 1.27 bits per heavy atom. The summed E-state index contributed by atoms with van der Waals surface area (Å²) in [5.74, 6) is 0.0591. The number of rotatable bonds is 4. The fraction of sp³-hybridized carbons (Fsp3) is 1.00. The second kappa shape index (κ2) is 6.21. The van der Waals surface area contributed by atoms with Crippen LogP contribution in [0.4, 0.5) is 13.2 Å². The van der Waals surface area contributed by atoms with Crippen LogP contribution in [-0.2, 0) is 0 Å². The molecule has 0 aliphatic heterocycles. The number of halogens is 4. The van der Waals surface area contributed by atoms with Crippen molar-refractivity contribution in [2.45, 2.75) is 42.6 Å². The molecule has 1 fully saturated rings. The maximum absolute atomic E-state index is 11.8. The molecule has 1 N–H and O–H groups in total. The molecule has 6 heteroatoms. The van der Waals surface area contributed by atoms with Gasteiger partial charge in [0.2, 0.25) is 0 Å². The lowest BCUT2D eigenvalue weighted by atomic mass is 9.95. The van der Waals surface area contributed by atoms with E-state index in [-0.39, 0.29) is 28.9 Å². The van der Waals surface area contributed by atoms with Gasteiger partial charge in [0, 0.05) is 23.7 Å². The minimum Gasteiger partial charge on any atom is -0.312 e. The lowest BCUT2D eigenvalue weighted by molar-refractivity contribution is -0.0327. The maximum atomic E-state index is 11.8. The van der Waals surface area contributed by atoms with Crippen LogP contribution < -0.4 is 5.32 Å². The molecule has 90 valence electrons. The summed E-state index contributed by atoms with van der Waals surface area (Å²) in [6.45, 7) is 0.373. The molecule has 0 aromatic carbocycles. The third-order valence-corrected chi connectivity index (χ3v) is 3.71. The molecule has 1 saturated carbocycles. The Kier molecular flexibility index (Phi) is 5.57. The van der Waals surface area contributed by atoms with Gasteiger partial charge in [0.25, 0.3) is 0 Å². The minimum atomic E-state index is -4.12. The summed E-state index contributed by atoms with van der Waals surface area (Å²) in [6, 6.07) is 0.189. The summed E-state index contributed by atoms with van der Waals surface area (Å²) >= 11 is 6.08. The molecule has 15 heavy (non-hydrogen) atoms. The highest BCUT2D eigenvalue weighted by Gasteiger charge is 2.28. The van der Waals surface area contributed by atoms with E-state index in [0.29, 0.717) is 6.54 Å². The first kappa shape index (κ1) is 13.5. The predicted octanol–water partition coefficient (Wildman–Crippen LogP) is 3.38. The predicted molar refractivity (Wildman–Crippen MR) is 58.4 cm³/mol. The van der Waals surface area contributed by atoms with Gasteiger partial charge in [-0.3, -0.25) is 0 Å². The summed E-state index contributed by atoms with van der Waals surface area (Å²) < 4.78 is 35.4. The van der Waals surface area contributed by atoms with Gasteiger partial charge in [-0.25, -0.2) is 0 Å². The van der Waals surface area contributed by atoms with Gasteiger partial charge < -0.3 is 5.32 Å². The average molecular weight is 262 g/mol. The summed E-state index contributed by atoms with van der Waals surface area (Å²) in [5, 5.41) is 3.17. The molecule has 1 nitrogen and oxygen atoms in total. The summed E-state index contributed by atoms with van der Waals surface area (Å²) in [4.78, 5) is 0. The van der Waals surface area contributed by atoms with Crippen molar-refractivity contribution in [1.29, 1.82) is 0 Å². The van der Waals surface area contributed by atoms with Crippen molar-refractivity contribution >= 4 is 23.4 Å². The minimum absolute atomic E-state index is 0.0178. The fourth-order valence-corrected chi connectivity index (χ4v) is 2.55. The second-order valence-electron chi connectivity index (χ2n) is 3.66. The van der Waals surface area contributed by atoms with E-state index in [0.717, 1.165) is 25.7 Å². The Morgan fingerprint density at radius 2 is 1.93 bits per heavy atom. The van der Waals surface area contributed by atoms with Gasteiger partial charge in [-0.15, -0.1) is 11.6 Å². The van der Waals surface area contributed by atoms with E-state index < -0.39 is 5.51 Å². The third kappa shape index (κ3) is 5.88. The van der Waals surface area contributed by atoms with Gasteiger partial charge >= 0.3 is 5.51 Å². The van der Waals surface area contributed by atoms with Crippen LogP contribution in [-0.4, -0.2) is 29.2 Å². The molecule has 0 radical (unpaired) electrons. The summed E-state index contributed by atoms with van der Waals surface area (Å²) in [6.07, 6.45) is 4.19. The SMILES string of the molecule is FC(F)(F)SCCNC1CCCCC1Cl. The van der Waals surface area contributed by atoms with Crippen LogP contribution in [0.1, 0.15) is 25.7 Å². The third-order valence-electron chi connectivity index (χ3n) is 2.46. The van der Waals surface area contributed by atoms with Gasteiger partial charge in [0.05, 0.1) is 0 Å². The van der Waals surface area contributed by atoms with Crippen LogP contribution in [0.25, 0.3) is 0 Å². The number of hydrogen-bond donors (Lipinski definition) is 1. The molecule has 1 aliphatic rings. The lowest BCUT2D eigenvalue weighted by Gasteiger charge is -2.27. The molecule has 0 aromatic heterocycles. The molecular weight excluding hydrogens is 247 g/mol. The standard InChI is InChI=1S/C9H15ClF3NS/c10-7-3-1-2-4-8(7)14-5-6-15-9(11,12)13/h7-8,14H,1-6H2. The Bertz CT molecular complexity index is 189. The molecule has 0 saturated heterocycles. The Morgan fingerprint density at radius 3 is 2.53 bits per heavy atom. The summed E-state index contributed by atoms with van der Waals surface area (Å²) in [7, 11) is 0. The van der Waals surface area contributed by atoms with Gasteiger partial charge in [0.1, 0.15) is 0 Å². The number of hydrogen-bond acceptors (Lipinski definition) is 2. The first-order valence-corrected chi connectivity index (χ1v) is 6.49. The van der Waals surface area contributed by atoms with Crippen LogP contribution in [0.2, 0.25) is 0 Å². The van der Waals surface area contributed by atoms with Crippen molar-refractivity contribution in [2.24, 2.45) is 0 Å². The van der Waals surface area contributed by atoms with E-state index in [2.05, 4.69) is 5.32 Å². The molecule has 2 unspecified atom stereocenters. The van der Waals surface area contributed by atoms with Gasteiger partial charge in [-0.2, -0.15) is 13.2 Å². The first-order chi connectivity index (χ1) is 6.99. The molecule has 0 heterocycles. The largest absolute Gasteiger partial charge is 0.441 e. The van der Waals surface area contributed by atoms with Crippen LogP contribution >= 0.6 is 23.4 Å². The number of alkyl halides is 4. The van der Waals surface area contributed by atoms with Crippen molar-refractivity contribution in [3.8, 4) is 0 Å². The van der Waals surface area contributed by atoms with Crippen molar-refractivity contribution in [2.75, 3.05) is 12.3 Å². The van der Waals surface area contributed by atoms with Crippen LogP contribution in [0.3, 0.4) is 0 Å². The van der Waals surface area contributed by atoms with Crippen molar-refractivity contribution in [3.63, 3.8) is 0 Å². The topological polar surface area (TPSA) is 12.0 Å². The van der Waals surface area contributed by atoms with Crippen LogP contribution in [0.5, 0.6) is 0 Å². The maximum Gasteiger partial charge on any atom is 0.441 e. The lowest BCUT2D eigenvalue weighted by Crippen LogP contribution is -2.40. The normalized spacial score (nSPS) is 28.0. The Balaban J connectivity index is 2.08. The zero-order valence-corrected chi connectivity index (χ0v) is 9.89. The van der Waals surface area contributed by atoms with E-state index >= 15 is 0 Å². The highest BCUT2D eigenvalue weighted by molar-refractivity contribution is 8.00. The zero-order valence-electron chi connectivity index (χ0n) is 8.32. The quantitative estimate of drug-likeness (QED) is 0.615. The van der Waals surface area contributed by atoms with E-state index in [1.54, 1.807) is 0 Å². The highest BCUT2D eigenvalue weighted by atomic mass is 35.5. The average Bonchev–Trinajstić information content (AvgIpc) is 2.13. The van der Waals surface area contributed by atoms with E-state index in [9.17, 15) is 13.2 Å². The summed E-state index contributed by atoms with van der Waals surface area (Å²) in [5.41, 5.74) is -4.12. The van der Waals surface area contributed by atoms with E-state index in [1.165, 1.54) is 0 Å². The molecule has 1 rings (SSSR count). The van der Waals surface area contributed by atoms with Crippen molar-refractivity contribution < 1.29 is 13.2 Å². The number of nitrogens with one attached hydrogen (secondary N) is 1. The molecule has 0 aromatic rings. The van der Waals surface area contributed by atoms with Crippen LogP contribution in [0.15, 0.2) is 0 Å². The molecule has 0 spiro atoms. The smallest absolute Gasteiger partial charge is 0.312 e. The molecule has 1 aliphatic carbocycles. The van der Waals surface area contributed by atoms with E-state index in [4.69, 9.17) is 11.6 Å². The number of thioether (sulfide) groups is 1. The Hall–Kier alpha value is 0.390. The van der Waals surface area contributed by atoms with Gasteiger partial charge in [0.15, 0.2) is 0 Å². The van der Waals surface area contributed by atoms with Crippen molar-refractivity contribution in [3.05, 3.63) is 0 Å². The second-order valence-corrected chi connectivity index (χ2v) is 5.38. The molecule has 0 bridgehead atoms. The molecule has 0 amide bonds.